The van der Waals surface area contributed by atoms with Crippen LogP contribution in [-0.4, -0.2) is 31.2 Å². The molecule has 1 saturated heterocycles. The number of ether oxygens (including phenoxy) is 1. The van der Waals surface area contributed by atoms with Crippen LogP contribution in [0.25, 0.3) is 0 Å². The van der Waals surface area contributed by atoms with Crippen molar-refractivity contribution in [3.05, 3.63) is 29.8 Å². The molecule has 1 aromatic rings. The zero-order chi connectivity index (χ0) is 12.5. The number of anilines is 1. The number of carbonyl (C=O) groups is 1. The van der Waals surface area contributed by atoms with Gasteiger partial charge in [-0.25, -0.2) is 0 Å². The molecule has 1 fully saturated rings. The van der Waals surface area contributed by atoms with E-state index in [9.17, 15) is 4.79 Å². The maximum Gasteiger partial charge on any atom is 0.325 e. The molecule has 0 bridgehead atoms. The maximum atomic E-state index is 12.0. The maximum absolute atomic E-state index is 12.0. The van der Waals surface area contributed by atoms with Gasteiger partial charge in [0.15, 0.2) is 0 Å². The fourth-order valence-electron chi connectivity index (χ4n) is 3.06. The van der Waals surface area contributed by atoms with Crippen LogP contribution < -0.4 is 10.6 Å². The molecule has 0 aliphatic carbocycles. The Kier molecular flexibility index (Phi) is 2.96. The van der Waals surface area contributed by atoms with Crippen LogP contribution in [-0.2, 0) is 9.53 Å². The van der Waals surface area contributed by atoms with Crippen molar-refractivity contribution in [3.8, 4) is 0 Å². The van der Waals surface area contributed by atoms with Gasteiger partial charge < -0.3 is 15.4 Å². The number of piperidine rings is 1. The smallest absolute Gasteiger partial charge is 0.325 e. The molecule has 4 nitrogen and oxygen atoms in total. The number of esters is 1. The van der Waals surface area contributed by atoms with Crippen LogP contribution in [0.2, 0.25) is 0 Å². The molecule has 0 saturated carbocycles. The average Bonchev–Trinajstić information content (AvgIpc) is 2.77. The number of rotatable bonds is 2. The minimum Gasteiger partial charge on any atom is -0.465 e. The van der Waals surface area contributed by atoms with Crippen LogP contribution in [0.15, 0.2) is 24.3 Å². The van der Waals surface area contributed by atoms with E-state index in [4.69, 9.17) is 4.74 Å². The van der Waals surface area contributed by atoms with Gasteiger partial charge in [-0.15, -0.1) is 0 Å². The molecule has 96 valence electrons. The summed E-state index contributed by atoms with van der Waals surface area (Å²) in [5, 5.41) is 6.74. The zero-order valence-electron chi connectivity index (χ0n) is 10.5. The minimum atomic E-state index is -0.240. The summed E-state index contributed by atoms with van der Waals surface area (Å²) in [5.41, 5.74) is 2.49. The second kappa shape index (κ2) is 4.61. The highest BCUT2D eigenvalue weighted by Gasteiger charge is 2.43. The second-order valence-electron chi connectivity index (χ2n) is 4.84. The van der Waals surface area contributed by atoms with Crippen molar-refractivity contribution in [2.24, 2.45) is 0 Å². The largest absolute Gasteiger partial charge is 0.465 e. The molecule has 3 unspecified atom stereocenters. The summed E-state index contributed by atoms with van der Waals surface area (Å²) in [6.45, 7) is 3.14. The molecular weight excluding hydrogens is 228 g/mol. The van der Waals surface area contributed by atoms with E-state index in [1.165, 1.54) is 5.56 Å². The lowest BCUT2D eigenvalue weighted by Crippen LogP contribution is -2.55. The van der Waals surface area contributed by atoms with Crippen molar-refractivity contribution in [2.45, 2.75) is 31.3 Å². The first-order valence-corrected chi connectivity index (χ1v) is 6.56. The van der Waals surface area contributed by atoms with Crippen molar-refractivity contribution in [2.75, 3.05) is 18.5 Å². The van der Waals surface area contributed by atoms with E-state index in [2.05, 4.69) is 28.8 Å². The van der Waals surface area contributed by atoms with Gasteiger partial charge in [0.1, 0.15) is 6.04 Å². The first-order chi connectivity index (χ1) is 8.81. The number of benzene rings is 1. The van der Waals surface area contributed by atoms with Crippen LogP contribution in [0.1, 0.15) is 24.8 Å². The minimum absolute atomic E-state index is 0.121. The number of hydrogen-bond donors (Lipinski definition) is 2. The Balaban J connectivity index is 1.85. The van der Waals surface area contributed by atoms with Crippen LogP contribution in [0.5, 0.6) is 0 Å². The average molecular weight is 246 g/mol. The van der Waals surface area contributed by atoms with E-state index in [1.807, 2.05) is 13.0 Å². The van der Waals surface area contributed by atoms with Gasteiger partial charge in [-0.05, 0) is 31.5 Å². The number of fused-ring (bicyclic) bond motifs is 3. The third-order valence-corrected chi connectivity index (χ3v) is 3.84. The monoisotopic (exact) mass is 246 g/mol. The van der Waals surface area contributed by atoms with Gasteiger partial charge >= 0.3 is 5.97 Å². The predicted octanol–water partition coefficient (Wildman–Crippen LogP) is 1.49. The fourth-order valence-corrected chi connectivity index (χ4v) is 3.06. The molecule has 3 atom stereocenters. The normalized spacial score (nSPS) is 29.1. The van der Waals surface area contributed by atoms with Crippen LogP contribution in [0.3, 0.4) is 0 Å². The molecule has 2 aliphatic rings. The van der Waals surface area contributed by atoms with E-state index in [0.29, 0.717) is 12.5 Å². The van der Waals surface area contributed by atoms with E-state index < -0.39 is 0 Å². The summed E-state index contributed by atoms with van der Waals surface area (Å²) in [6, 6.07) is 8.20. The van der Waals surface area contributed by atoms with E-state index in [0.717, 1.165) is 18.7 Å². The first kappa shape index (κ1) is 11.5. The van der Waals surface area contributed by atoms with Gasteiger partial charge in [0.05, 0.1) is 12.6 Å². The van der Waals surface area contributed by atoms with E-state index in [-0.39, 0.29) is 18.1 Å². The Morgan fingerprint density at radius 1 is 1.44 bits per heavy atom. The Hall–Kier alpha value is -1.55. The molecule has 3 rings (SSSR count). The second-order valence-corrected chi connectivity index (χ2v) is 4.84. The fraction of sp³-hybridized carbons (Fsp3) is 0.500. The van der Waals surface area contributed by atoms with Gasteiger partial charge in [0, 0.05) is 11.6 Å². The zero-order valence-corrected chi connectivity index (χ0v) is 10.5. The Bertz CT molecular complexity index is 461. The third-order valence-electron chi connectivity index (χ3n) is 3.84. The summed E-state index contributed by atoms with van der Waals surface area (Å²) >= 11 is 0. The van der Waals surface area contributed by atoms with Crippen LogP contribution in [0, 0.1) is 0 Å². The Labute approximate surface area is 107 Å². The molecule has 1 aromatic carbocycles. The SMILES string of the molecule is CCOC(=O)C1NCCC2c3ccccc3NC12. The molecule has 2 N–H and O–H groups in total. The topological polar surface area (TPSA) is 50.4 Å². The van der Waals surface area contributed by atoms with Gasteiger partial charge in [-0.2, -0.15) is 0 Å². The quantitative estimate of drug-likeness (QED) is 0.776. The highest BCUT2D eigenvalue weighted by atomic mass is 16.5. The summed E-state index contributed by atoms with van der Waals surface area (Å²) < 4.78 is 5.15. The highest BCUT2D eigenvalue weighted by Crippen LogP contribution is 2.40. The molecule has 2 heterocycles. The number of hydrogen-bond acceptors (Lipinski definition) is 4. The van der Waals surface area contributed by atoms with Gasteiger partial charge in [-0.3, -0.25) is 4.79 Å². The van der Waals surface area contributed by atoms with E-state index in [1.54, 1.807) is 0 Å². The van der Waals surface area contributed by atoms with Gasteiger partial charge in [-0.1, -0.05) is 18.2 Å². The molecule has 0 amide bonds. The number of para-hydroxylation sites is 1. The van der Waals surface area contributed by atoms with Crippen LogP contribution >= 0.6 is 0 Å². The third kappa shape index (κ3) is 1.77. The molecule has 0 radical (unpaired) electrons. The predicted molar refractivity (Wildman–Crippen MR) is 69.6 cm³/mol. The summed E-state index contributed by atoms with van der Waals surface area (Å²) in [4.78, 5) is 12.0. The molecular formula is C14H18N2O2. The van der Waals surface area contributed by atoms with Gasteiger partial charge in [0.2, 0.25) is 0 Å². The van der Waals surface area contributed by atoms with E-state index >= 15 is 0 Å². The Morgan fingerprint density at radius 2 is 2.28 bits per heavy atom. The summed E-state index contributed by atoms with van der Waals surface area (Å²) in [6.07, 6.45) is 1.06. The lowest BCUT2D eigenvalue weighted by Gasteiger charge is -2.33. The number of carbonyl (C=O) groups excluding carboxylic acids is 1. The standard InChI is InChI=1S/C14H18N2O2/c1-2-18-14(17)13-12-10(7-8-15-13)9-5-3-4-6-11(9)16-12/h3-6,10,12-13,15-16H,2,7-8H2,1H3. The molecule has 18 heavy (non-hydrogen) atoms. The number of nitrogens with one attached hydrogen (secondary N) is 2. The lowest BCUT2D eigenvalue weighted by atomic mass is 9.85. The Morgan fingerprint density at radius 3 is 3.11 bits per heavy atom. The molecule has 0 spiro atoms. The van der Waals surface area contributed by atoms with Crippen molar-refractivity contribution < 1.29 is 9.53 Å². The lowest BCUT2D eigenvalue weighted by molar-refractivity contribution is -0.146. The summed E-state index contributed by atoms with van der Waals surface area (Å²) in [5.74, 6) is 0.268. The molecule has 0 aromatic heterocycles. The summed E-state index contributed by atoms with van der Waals surface area (Å²) in [7, 11) is 0. The highest BCUT2D eigenvalue weighted by molar-refractivity contribution is 5.79. The van der Waals surface area contributed by atoms with Gasteiger partial charge in [0.25, 0.3) is 0 Å². The van der Waals surface area contributed by atoms with Crippen molar-refractivity contribution in [1.82, 2.24) is 5.32 Å². The van der Waals surface area contributed by atoms with Crippen molar-refractivity contribution in [1.29, 1.82) is 0 Å². The first-order valence-electron chi connectivity index (χ1n) is 6.56. The van der Waals surface area contributed by atoms with Crippen molar-refractivity contribution in [3.63, 3.8) is 0 Å². The molecule has 4 heteroatoms. The van der Waals surface area contributed by atoms with Crippen LogP contribution in [0.4, 0.5) is 5.69 Å². The van der Waals surface area contributed by atoms with Crippen molar-refractivity contribution >= 4 is 11.7 Å². The molecule has 2 aliphatic heterocycles.